The third kappa shape index (κ3) is 5.34. The Bertz CT molecular complexity index is 879. The molecule has 0 atom stereocenters. The van der Waals surface area contributed by atoms with Crippen molar-refractivity contribution in [1.29, 1.82) is 0 Å². The average molecular weight is 386 g/mol. The molecule has 10 heteroatoms. The van der Waals surface area contributed by atoms with Crippen LogP contribution in [0.3, 0.4) is 0 Å². The number of rotatable bonds is 8. The predicted molar refractivity (Wildman–Crippen MR) is 101 cm³/mol. The summed E-state index contributed by atoms with van der Waals surface area (Å²) in [4.78, 5) is 44.5. The number of nitro benzene ring substituents is 2. The van der Waals surface area contributed by atoms with Crippen LogP contribution in [0.15, 0.2) is 42.5 Å². The number of carbonyl (C=O) groups is 2. The zero-order chi connectivity index (χ0) is 20.7. The van der Waals surface area contributed by atoms with E-state index >= 15 is 0 Å². The van der Waals surface area contributed by atoms with E-state index in [9.17, 15) is 29.8 Å². The van der Waals surface area contributed by atoms with E-state index in [1.54, 1.807) is 0 Å². The molecule has 2 aromatic rings. The summed E-state index contributed by atoms with van der Waals surface area (Å²) in [6.45, 7) is 2.58. The Morgan fingerprint density at radius 1 is 0.893 bits per heavy atom. The minimum Gasteiger partial charge on any atom is -0.352 e. The van der Waals surface area contributed by atoms with Crippen molar-refractivity contribution in [2.45, 2.75) is 19.8 Å². The number of benzene rings is 2. The number of hydrogen-bond acceptors (Lipinski definition) is 6. The molecule has 0 bridgehead atoms. The Morgan fingerprint density at radius 3 is 1.96 bits per heavy atom. The molecule has 0 saturated carbocycles. The first kappa shape index (κ1) is 20.5. The highest BCUT2D eigenvalue weighted by molar-refractivity contribution is 6.05. The van der Waals surface area contributed by atoms with Crippen LogP contribution in [0.4, 0.5) is 17.1 Å². The number of nitrogens with zero attached hydrogens (tertiary/aromatic N) is 2. The van der Waals surface area contributed by atoms with Gasteiger partial charge in [0.25, 0.3) is 23.2 Å². The molecule has 2 aromatic carbocycles. The molecule has 0 saturated heterocycles. The van der Waals surface area contributed by atoms with Crippen LogP contribution in [-0.4, -0.2) is 28.2 Å². The van der Waals surface area contributed by atoms with Gasteiger partial charge >= 0.3 is 0 Å². The van der Waals surface area contributed by atoms with E-state index in [-0.39, 0.29) is 11.5 Å². The minimum absolute atomic E-state index is 0.220. The van der Waals surface area contributed by atoms with E-state index in [1.807, 2.05) is 6.92 Å². The van der Waals surface area contributed by atoms with Crippen molar-refractivity contribution >= 4 is 28.9 Å². The van der Waals surface area contributed by atoms with Gasteiger partial charge in [-0.25, -0.2) is 0 Å². The van der Waals surface area contributed by atoms with E-state index in [0.717, 1.165) is 31.0 Å². The van der Waals surface area contributed by atoms with Crippen LogP contribution in [-0.2, 0) is 0 Å². The summed E-state index contributed by atoms with van der Waals surface area (Å²) < 4.78 is 0. The smallest absolute Gasteiger partial charge is 0.277 e. The largest absolute Gasteiger partial charge is 0.352 e. The molecule has 0 aliphatic carbocycles. The lowest BCUT2D eigenvalue weighted by Gasteiger charge is -2.07. The third-order valence-electron chi connectivity index (χ3n) is 3.81. The maximum Gasteiger partial charge on any atom is 0.277 e. The number of amides is 2. The van der Waals surface area contributed by atoms with Crippen molar-refractivity contribution in [3.8, 4) is 0 Å². The fraction of sp³-hybridized carbons (Fsp3) is 0.222. The normalized spacial score (nSPS) is 10.2. The lowest BCUT2D eigenvalue weighted by Crippen LogP contribution is -2.24. The summed E-state index contributed by atoms with van der Waals surface area (Å²) in [6.07, 6.45) is 1.83. The van der Waals surface area contributed by atoms with Crippen LogP contribution in [0.25, 0.3) is 0 Å². The Labute approximate surface area is 159 Å². The molecule has 0 aromatic heterocycles. The van der Waals surface area contributed by atoms with Gasteiger partial charge in [-0.1, -0.05) is 13.3 Å². The van der Waals surface area contributed by atoms with Crippen LogP contribution in [0, 0.1) is 20.2 Å². The van der Waals surface area contributed by atoms with Crippen LogP contribution in [0.5, 0.6) is 0 Å². The van der Waals surface area contributed by atoms with Crippen molar-refractivity contribution in [2.24, 2.45) is 0 Å². The summed E-state index contributed by atoms with van der Waals surface area (Å²) in [6, 6.07) is 8.73. The zero-order valence-electron chi connectivity index (χ0n) is 15.0. The average Bonchev–Trinajstić information content (AvgIpc) is 2.68. The maximum atomic E-state index is 12.3. The fourth-order valence-corrected chi connectivity index (χ4v) is 2.33. The molecular weight excluding hydrogens is 368 g/mol. The van der Waals surface area contributed by atoms with Gasteiger partial charge in [0.05, 0.1) is 21.5 Å². The molecule has 0 radical (unpaired) electrons. The number of hydrogen-bond donors (Lipinski definition) is 2. The Hall–Kier alpha value is -3.82. The van der Waals surface area contributed by atoms with E-state index in [2.05, 4.69) is 10.6 Å². The molecule has 0 fully saturated rings. The van der Waals surface area contributed by atoms with E-state index in [4.69, 9.17) is 0 Å². The summed E-state index contributed by atoms with van der Waals surface area (Å²) in [5.74, 6) is -0.979. The first-order valence-corrected chi connectivity index (χ1v) is 8.45. The monoisotopic (exact) mass is 386 g/mol. The van der Waals surface area contributed by atoms with Crippen molar-refractivity contribution in [1.82, 2.24) is 5.32 Å². The molecule has 2 N–H and O–H groups in total. The second kappa shape index (κ2) is 9.21. The number of nitrogens with one attached hydrogen (secondary N) is 2. The summed E-state index contributed by atoms with van der Waals surface area (Å²) in [5, 5.41) is 27.1. The van der Waals surface area contributed by atoms with Crippen molar-refractivity contribution in [3.05, 3.63) is 73.8 Å². The van der Waals surface area contributed by atoms with Crippen molar-refractivity contribution < 1.29 is 19.4 Å². The van der Waals surface area contributed by atoms with Crippen LogP contribution in [0.2, 0.25) is 0 Å². The number of carbonyl (C=O) groups excluding carboxylic acids is 2. The fourth-order valence-electron chi connectivity index (χ4n) is 2.33. The summed E-state index contributed by atoms with van der Waals surface area (Å²) in [5.41, 5.74) is -0.580. The molecule has 0 aliphatic heterocycles. The highest BCUT2D eigenvalue weighted by atomic mass is 16.6. The Kier molecular flexibility index (Phi) is 6.74. The van der Waals surface area contributed by atoms with E-state index < -0.39 is 27.1 Å². The number of unbranched alkanes of at least 4 members (excludes halogenated alkanes) is 1. The molecule has 146 valence electrons. The highest BCUT2D eigenvalue weighted by Crippen LogP contribution is 2.23. The molecule has 0 heterocycles. The second-order valence-electron chi connectivity index (χ2n) is 5.89. The highest BCUT2D eigenvalue weighted by Gasteiger charge is 2.20. The lowest BCUT2D eigenvalue weighted by molar-refractivity contribution is -0.394. The van der Waals surface area contributed by atoms with Crippen LogP contribution >= 0.6 is 0 Å². The van der Waals surface area contributed by atoms with Crippen molar-refractivity contribution in [3.63, 3.8) is 0 Å². The topological polar surface area (TPSA) is 144 Å². The standard InChI is InChI=1S/C18H18N4O6/c1-2-3-8-19-17(23)12-4-6-14(7-5-12)20-18(24)13-9-15(21(25)26)11-16(10-13)22(27)28/h4-7,9-11H,2-3,8H2,1H3,(H,19,23)(H,20,24). The van der Waals surface area contributed by atoms with Gasteiger partial charge in [-0.05, 0) is 30.7 Å². The van der Waals surface area contributed by atoms with E-state index in [1.165, 1.54) is 24.3 Å². The molecule has 10 nitrogen and oxygen atoms in total. The van der Waals surface area contributed by atoms with Crippen LogP contribution in [0.1, 0.15) is 40.5 Å². The Balaban J connectivity index is 2.13. The second-order valence-corrected chi connectivity index (χ2v) is 5.89. The van der Waals surface area contributed by atoms with Crippen LogP contribution < -0.4 is 10.6 Å². The van der Waals surface area contributed by atoms with Gasteiger partial charge in [0, 0.05) is 29.9 Å². The first-order chi connectivity index (χ1) is 13.3. The Morgan fingerprint density at radius 2 is 1.46 bits per heavy atom. The van der Waals surface area contributed by atoms with Gasteiger partial charge in [-0.15, -0.1) is 0 Å². The molecule has 2 rings (SSSR count). The van der Waals surface area contributed by atoms with Gasteiger partial charge in [0.1, 0.15) is 0 Å². The quantitative estimate of drug-likeness (QED) is 0.404. The molecule has 0 unspecified atom stereocenters. The van der Waals surface area contributed by atoms with Gasteiger partial charge in [-0.3, -0.25) is 29.8 Å². The third-order valence-corrected chi connectivity index (χ3v) is 3.81. The number of nitro groups is 2. The molecular formula is C18H18N4O6. The lowest BCUT2D eigenvalue weighted by atomic mass is 10.1. The molecule has 0 aliphatic rings. The first-order valence-electron chi connectivity index (χ1n) is 8.45. The van der Waals surface area contributed by atoms with Gasteiger partial charge in [-0.2, -0.15) is 0 Å². The number of anilines is 1. The van der Waals surface area contributed by atoms with Gasteiger partial charge in [0.2, 0.25) is 0 Å². The maximum absolute atomic E-state index is 12.3. The SMILES string of the molecule is CCCCNC(=O)c1ccc(NC(=O)c2cc([N+](=O)[O-])cc([N+](=O)[O-])c2)cc1. The van der Waals surface area contributed by atoms with Crippen molar-refractivity contribution in [2.75, 3.05) is 11.9 Å². The predicted octanol–water partition coefficient (Wildman–Crippen LogP) is 3.29. The summed E-state index contributed by atoms with van der Waals surface area (Å²) >= 11 is 0. The molecule has 28 heavy (non-hydrogen) atoms. The molecule has 0 spiro atoms. The number of non-ortho nitro benzene ring substituents is 2. The van der Waals surface area contributed by atoms with E-state index in [0.29, 0.717) is 17.8 Å². The zero-order valence-corrected chi connectivity index (χ0v) is 15.0. The van der Waals surface area contributed by atoms with Gasteiger partial charge < -0.3 is 10.6 Å². The minimum atomic E-state index is -0.810. The molecule has 2 amide bonds. The van der Waals surface area contributed by atoms with Gasteiger partial charge in [0.15, 0.2) is 0 Å². The summed E-state index contributed by atoms with van der Waals surface area (Å²) in [7, 11) is 0.